The van der Waals surface area contributed by atoms with Gasteiger partial charge in [0.25, 0.3) is 0 Å². The largest absolute Gasteiger partial charge is 0.351 e. The lowest BCUT2D eigenvalue weighted by Crippen LogP contribution is -2.49. The molecule has 0 aliphatic carbocycles. The molecule has 0 atom stereocenters. The van der Waals surface area contributed by atoms with Gasteiger partial charge in [-0.3, -0.25) is 4.79 Å². The van der Waals surface area contributed by atoms with Gasteiger partial charge in [-0.1, -0.05) is 38.8 Å². The van der Waals surface area contributed by atoms with Gasteiger partial charge in [0.1, 0.15) is 6.33 Å². The van der Waals surface area contributed by atoms with E-state index in [0.29, 0.717) is 30.7 Å². The number of aryl methyl sites for hydroxylation is 1. The Labute approximate surface area is 171 Å². The Kier molecular flexibility index (Phi) is 5.52. The van der Waals surface area contributed by atoms with E-state index >= 15 is 0 Å². The number of nitrogens with zero attached hydrogens (tertiary/aromatic N) is 7. The Morgan fingerprint density at radius 2 is 1.86 bits per heavy atom. The molecular weight excluding hydrogens is 422 g/mol. The summed E-state index contributed by atoms with van der Waals surface area (Å²) >= 11 is 3.38. The van der Waals surface area contributed by atoms with Crippen LogP contribution in [-0.2, 0) is 4.79 Å². The van der Waals surface area contributed by atoms with Crippen molar-refractivity contribution in [2.75, 3.05) is 36.4 Å². The molecule has 28 heavy (non-hydrogen) atoms. The predicted octanol–water partition coefficient (Wildman–Crippen LogP) is 2.34. The summed E-state index contributed by atoms with van der Waals surface area (Å²) < 4.78 is 1.74. The molecule has 146 valence electrons. The van der Waals surface area contributed by atoms with Gasteiger partial charge in [-0.2, -0.15) is 4.68 Å². The van der Waals surface area contributed by atoms with Gasteiger partial charge in [-0.15, -0.1) is 5.10 Å². The number of anilines is 1. The molecule has 0 spiro atoms. The minimum atomic E-state index is 0.220. The maximum absolute atomic E-state index is 12.2. The molecule has 1 aliphatic rings. The lowest BCUT2D eigenvalue weighted by molar-refractivity contribution is -0.131. The van der Waals surface area contributed by atoms with Crippen LogP contribution in [0.2, 0.25) is 0 Å². The first-order chi connectivity index (χ1) is 13.7. The number of halogens is 1. The quantitative estimate of drug-likeness (QED) is 0.563. The molecule has 0 bridgehead atoms. The molecule has 2 aromatic heterocycles. The SMILES string of the molecule is Cc1ccc(-n2nnc3c(N4CCN(C(=O)CCCBr)CC4)ncnc32)cc1. The maximum atomic E-state index is 12.2. The van der Waals surface area contributed by atoms with Crippen molar-refractivity contribution in [3.05, 3.63) is 36.2 Å². The highest BCUT2D eigenvalue weighted by Gasteiger charge is 2.24. The second-order valence-corrected chi connectivity index (χ2v) is 7.66. The summed E-state index contributed by atoms with van der Waals surface area (Å²) in [4.78, 5) is 25.2. The van der Waals surface area contributed by atoms with Crippen molar-refractivity contribution in [2.24, 2.45) is 0 Å². The van der Waals surface area contributed by atoms with Crippen molar-refractivity contribution in [2.45, 2.75) is 19.8 Å². The molecule has 4 rings (SSSR count). The monoisotopic (exact) mass is 443 g/mol. The van der Waals surface area contributed by atoms with E-state index in [1.807, 2.05) is 36.1 Å². The summed E-state index contributed by atoms with van der Waals surface area (Å²) in [5.74, 6) is 0.994. The highest BCUT2D eigenvalue weighted by atomic mass is 79.9. The van der Waals surface area contributed by atoms with Crippen LogP contribution in [0.4, 0.5) is 5.82 Å². The molecule has 8 nitrogen and oxygen atoms in total. The Morgan fingerprint density at radius 3 is 2.57 bits per heavy atom. The molecule has 0 saturated carbocycles. The molecular formula is C19H22BrN7O. The van der Waals surface area contributed by atoms with Crippen LogP contribution >= 0.6 is 15.9 Å². The fourth-order valence-electron chi connectivity index (χ4n) is 3.37. The third kappa shape index (κ3) is 3.71. The van der Waals surface area contributed by atoms with E-state index in [9.17, 15) is 4.79 Å². The highest BCUT2D eigenvalue weighted by molar-refractivity contribution is 9.09. The number of aromatic nitrogens is 5. The summed E-state index contributed by atoms with van der Waals surface area (Å²) in [5, 5.41) is 9.50. The molecule has 1 amide bonds. The number of rotatable bonds is 5. The zero-order chi connectivity index (χ0) is 19.5. The van der Waals surface area contributed by atoms with E-state index in [4.69, 9.17) is 0 Å². The van der Waals surface area contributed by atoms with Crippen molar-refractivity contribution in [3.8, 4) is 5.69 Å². The molecule has 1 saturated heterocycles. The van der Waals surface area contributed by atoms with Crippen molar-refractivity contribution in [3.63, 3.8) is 0 Å². The fraction of sp³-hybridized carbons (Fsp3) is 0.421. The number of amides is 1. The van der Waals surface area contributed by atoms with E-state index in [1.54, 1.807) is 11.0 Å². The molecule has 3 heterocycles. The van der Waals surface area contributed by atoms with Crippen LogP contribution in [0.5, 0.6) is 0 Å². The Bertz CT molecular complexity index is 964. The van der Waals surface area contributed by atoms with Gasteiger partial charge in [0.2, 0.25) is 5.91 Å². The number of hydrogen-bond donors (Lipinski definition) is 0. The van der Waals surface area contributed by atoms with Gasteiger partial charge < -0.3 is 9.80 Å². The topological polar surface area (TPSA) is 80.0 Å². The molecule has 0 N–H and O–H groups in total. The van der Waals surface area contributed by atoms with Crippen LogP contribution in [0.25, 0.3) is 16.9 Å². The zero-order valence-electron chi connectivity index (χ0n) is 15.8. The predicted molar refractivity (Wildman–Crippen MR) is 111 cm³/mol. The van der Waals surface area contributed by atoms with Gasteiger partial charge >= 0.3 is 0 Å². The van der Waals surface area contributed by atoms with Gasteiger partial charge in [0.05, 0.1) is 5.69 Å². The number of benzene rings is 1. The summed E-state index contributed by atoms with van der Waals surface area (Å²) in [6.07, 6.45) is 3.01. The molecule has 0 unspecified atom stereocenters. The summed E-state index contributed by atoms with van der Waals surface area (Å²) in [6, 6.07) is 8.08. The highest BCUT2D eigenvalue weighted by Crippen LogP contribution is 2.23. The van der Waals surface area contributed by atoms with Gasteiger partial charge in [0.15, 0.2) is 17.0 Å². The van der Waals surface area contributed by atoms with Gasteiger partial charge in [-0.05, 0) is 25.5 Å². The number of hydrogen-bond acceptors (Lipinski definition) is 6. The second-order valence-electron chi connectivity index (χ2n) is 6.87. The number of carbonyl (C=O) groups is 1. The minimum Gasteiger partial charge on any atom is -0.351 e. The van der Waals surface area contributed by atoms with Crippen LogP contribution < -0.4 is 4.90 Å². The third-order valence-electron chi connectivity index (χ3n) is 4.95. The smallest absolute Gasteiger partial charge is 0.222 e. The lowest BCUT2D eigenvalue weighted by atomic mass is 10.2. The molecule has 0 radical (unpaired) electrons. The summed E-state index contributed by atoms with van der Waals surface area (Å²) in [6.45, 7) is 4.89. The second kappa shape index (κ2) is 8.22. The normalized spacial score (nSPS) is 14.6. The van der Waals surface area contributed by atoms with Gasteiger partial charge in [0, 0.05) is 37.9 Å². The minimum absolute atomic E-state index is 0.220. The molecule has 1 fully saturated rings. The van der Waals surface area contributed by atoms with Crippen molar-refractivity contribution in [1.82, 2.24) is 29.9 Å². The maximum Gasteiger partial charge on any atom is 0.222 e. The number of carbonyl (C=O) groups excluding carboxylic acids is 1. The Hall–Kier alpha value is -2.55. The fourth-order valence-corrected chi connectivity index (χ4v) is 3.65. The average molecular weight is 444 g/mol. The van der Waals surface area contributed by atoms with Gasteiger partial charge in [-0.25, -0.2) is 9.97 Å². The first kappa shape index (κ1) is 18.8. The molecule has 9 heteroatoms. The van der Waals surface area contributed by atoms with E-state index in [0.717, 1.165) is 36.3 Å². The number of piperazine rings is 1. The van der Waals surface area contributed by atoms with Crippen molar-refractivity contribution in [1.29, 1.82) is 0 Å². The number of fused-ring (bicyclic) bond motifs is 1. The summed E-state index contributed by atoms with van der Waals surface area (Å²) in [5.41, 5.74) is 3.47. The average Bonchev–Trinajstić information content (AvgIpc) is 3.17. The van der Waals surface area contributed by atoms with Crippen molar-refractivity contribution < 1.29 is 4.79 Å². The lowest BCUT2D eigenvalue weighted by Gasteiger charge is -2.35. The van der Waals surface area contributed by atoms with Crippen LogP contribution in [-0.4, -0.2) is 67.3 Å². The number of alkyl halides is 1. The van der Waals surface area contributed by atoms with E-state index in [-0.39, 0.29) is 5.91 Å². The summed E-state index contributed by atoms with van der Waals surface area (Å²) in [7, 11) is 0. The Morgan fingerprint density at radius 1 is 1.11 bits per heavy atom. The molecule has 1 aromatic carbocycles. The Balaban J connectivity index is 1.54. The molecule has 3 aromatic rings. The van der Waals surface area contributed by atoms with Crippen molar-refractivity contribution >= 4 is 38.8 Å². The van der Waals surface area contributed by atoms with Crippen LogP contribution in [0.15, 0.2) is 30.6 Å². The standard InChI is InChI=1S/C19H22BrN7O/c1-14-4-6-15(7-5-14)27-19-17(23-24-27)18(21-13-22-19)26-11-9-25(10-12-26)16(28)3-2-8-20/h4-7,13H,2-3,8-12H2,1H3. The zero-order valence-corrected chi connectivity index (χ0v) is 17.3. The van der Waals surface area contributed by atoms with E-state index < -0.39 is 0 Å². The van der Waals surface area contributed by atoms with Crippen LogP contribution in [0.3, 0.4) is 0 Å². The first-order valence-electron chi connectivity index (χ1n) is 9.39. The van der Waals surface area contributed by atoms with E-state index in [2.05, 4.69) is 41.1 Å². The van der Waals surface area contributed by atoms with Crippen LogP contribution in [0, 0.1) is 6.92 Å². The van der Waals surface area contributed by atoms with Crippen LogP contribution in [0.1, 0.15) is 18.4 Å². The first-order valence-corrected chi connectivity index (χ1v) is 10.5. The van der Waals surface area contributed by atoms with E-state index in [1.165, 1.54) is 5.56 Å². The third-order valence-corrected chi connectivity index (χ3v) is 5.51. The molecule has 1 aliphatic heterocycles.